The molecule has 1 amide bonds. The Morgan fingerprint density at radius 3 is 2.30 bits per heavy atom. The number of hydrogen-bond donors (Lipinski definition) is 1. The minimum Gasteiger partial charge on any atom is -0.497 e. The smallest absolute Gasteiger partial charge is 0.335 e. The van der Waals surface area contributed by atoms with E-state index in [1.54, 1.807) is 19.2 Å². The van der Waals surface area contributed by atoms with Gasteiger partial charge >= 0.3 is 5.97 Å². The summed E-state index contributed by atoms with van der Waals surface area (Å²) in [4.78, 5) is 28.8. The molecule has 204 valence electrons. The summed E-state index contributed by atoms with van der Waals surface area (Å²) in [6.07, 6.45) is 4.26. The van der Waals surface area contributed by atoms with Crippen molar-refractivity contribution >= 4 is 17.6 Å². The Labute approximate surface area is 222 Å². The lowest BCUT2D eigenvalue weighted by Gasteiger charge is -2.32. The van der Waals surface area contributed by atoms with E-state index in [4.69, 9.17) is 9.47 Å². The van der Waals surface area contributed by atoms with Gasteiger partial charge in [-0.05, 0) is 47.7 Å². The number of aromatic carboxylic acids is 1. The molecule has 2 aromatic carbocycles. The standard InChI is InChI=1S/C27H36N2O5.C3H8/c1-4-5-20(2)16-22-8-9-23(27(31)32)17-25(22)29(18-21-6-10-24(33-3)11-7-21)19-26(30)28-12-14-34-15-13-28;1-3-2/h6-11,17,20H,4-5,12-16,18-19H2,1-3H3,(H,31,32);3H2,1-2H3. The molecule has 7 nitrogen and oxygen atoms in total. The Morgan fingerprint density at radius 1 is 1.08 bits per heavy atom. The molecule has 1 saturated heterocycles. The number of methoxy groups -OCH3 is 1. The fourth-order valence-electron chi connectivity index (χ4n) is 4.39. The molecule has 0 bridgehead atoms. The number of benzene rings is 2. The maximum Gasteiger partial charge on any atom is 0.335 e. The van der Waals surface area contributed by atoms with Gasteiger partial charge in [-0.3, -0.25) is 4.79 Å². The number of carboxylic acid groups (broad SMARTS) is 1. The lowest BCUT2D eigenvalue weighted by molar-refractivity contribution is -0.133. The first-order valence-corrected chi connectivity index (χ1v) is 13.4. The van der Waals surface area contributed by atoms with E-state index in [1.807, 2.05) is 40.1 Å². The van der Waals surface area contributed by atoms with Crippen LogP contribution < -0.4 is 9.64 Å². The summed E-state index contributed by atoms with van der Waals surface area (Å²) >= 11 is 0. The first-order valence-electron chi connectivity index (χ1n) is 13.4. The highest BCUT2D eigenvalue weighted by Crippen LogP contribution is 2.28. The number of carboxylic acids is 1. The summed E-state index contributed by atoms with van der Waals surface area (Å²) < 4.78 is 10.7. The van der Waals surface area contributed by atoms with Gasteiger partial charge in [0.05, 0.1) is 32.4 Å². The highest BCUT2D eigenvalue weighted by Gasteiger charge is 2.23. The molecule has 0 radical (unpaired) electrons. The third-order valence-corrected chi connectivity index (χ3v) is 6.25. The predicted octanol–water partition coefficient (Wildman–Crippen LogP) is 5.65. The summed E-state index contributed by atoms with van der Waals surface area (Å²) in [5.74, 6) is 0.266. The number of ether oxygens (including phenoxy) is 2. The average Bonchev–Trinajstić information content (AvgIpc) is 2.90. The molecule has 0 saturated carbocycles. The minimum absolute atomic E-state index is 0.0186. The third kappa shape index (κ3) is 9.73. The number of morpholine rings is 1. The highest BCUT2D eigenvalue weighted by atomic mass is 16.5. The molecule has 1 unspecified atom stereocenters. The Bertz CT molecular complexity index is 970. The van der Waals surface area contributed by atoms with Crippen LogP contribution in [0.4, 0.5) is 5.69 Å². The molecule has 2 aromatic rings. The SMILES string of the molecule is CCC.CCCC(C)Cc1ccc(C(=O)O)cc1N(CC(=O)N1CCOCC1)Cc1ccc(OC)cc1. The molecule has 1 heterocycles. The van der Waals surface area contributed by atoms with Gasteiger partial charge in [0.2, 0.25) is 5.91 Å². The number of hydrogen-bond acceptors (Lipinski definition) is 5. The normalized spacial score (nSPS) is 13.8. The number of nitrogens with zero attached hydrogens (tertiary/aromatic N) is 2. The van der Waals surface area contributed by atoms with Crippen LogP contribution >= 0.6 is 0 Å². The predicted molar refractivity (Wildman–Crippen MR) is 149 cm³/mol. The van der Waals surface area contributed by atoms with Crippen molar-refractivity contribution in [1.29, 1.82) is 0 Å². The summed E-state index contributed by atoms with van der Waals surface area (Å²) in [6.45, 7) is 11.5. The van der Waals surface area contributed by atoms with E-state index in [0.717, 1.165) is 41.8 Å². The molecule has 0 aliphatic carbocycles. The molecule has 1 N–H and O–H groups in total. The van der Waals surface area contributed by atoms with Gasteiger partial charge in [0.1, 0.15) is 5.75 Å². The van der Waals surface area contributed by atoms with Crippen molar-refractivity contribution in [3.8, 4) is 5.75 Å². The monoisotopic (exact) mass is 512 g/mol. The van der Waals surface area contributed by atoms with E-state index < -0.39 is 5.97 Å². The number of amides is 1. The summed E-state index contributed by atoms with van der Waals surface area (Å²) in [5, 5.41) is 9.66. The van der Waals surface area contributed by atoms with E-state index in [2.05, 4.69) is 27.7 Å². The van der Waals surface area contributed by atoms with Gasteiger partial charge < -0.3 is 24.4 Å². The van der Waals surface area contributed by atoms with Gasteiger partial charge in [0.15, 0.2) is 0 Å². The molecule has 7 heteroatoms. The second-order valence-electron chi connectivity index (χ2n) is 9.65. The Balaban J connectivity index is 0.00000153. The van der Waals surface area contributed by atoms with Gasteiger partial charge in [0, 0.05) is 25.3 Å². The molecule has 3 rings (SSSR count). The fraction of sp³-hybridized carbons (Fsp3) is 0.533. The number of rotatable bonds is 11. The van der Waals surface area contributed by atoms with Crippen molar-refractivity contribution < 1.29 is 24.2 Å². The lowest BCUT2D eigenvalue weighted by atomic mass is 9.94. The molecule has 1 atom stereocenters. The van der Waals surface area contributed by atoms with Crippen LogP contribution in [0.3, 0.4) is 0 Å². The van der Waals surface area contributed by atoms with E-state index in [-0.39, 0.29) is 18.0 Å². The van der Waals surface area contributed by atoms with Gasteiger partial charge in [-0.2, -0.15) is 0 Å². The van der Waals surface area contributed by atoms with E-state index in [0.29, 0.717) is 38.8 Å². The maximum absolute atomic E-state index is 13.2. The molecular weight excluding hydrogens is 468 g/mol. The molecule has 0 spiro atoms. The lowest BCUT2D eigenvalue weighted by Crippen LogP contribution is -2.46. The molecular formula is C30H44N2O5. The first-order chi connectivity index (χ1) is 17.8. The topological polar surface area (TPSA) is 79.3 Å². The van der Waals surface area contributed by atoms with Crippen LogP contribution in [-0.4, -0.2) is 61.8 Å². The Morgan fingerprint density at radius 2 is 1.73 bits per heavy atom. The van der Waals surface area contributed by atoms with E-state index in [1.165, 1.54) is 6.42 Å². The number of carbonyl (C=O) groups is 2. The molecule has 1 aliphatic rings. The van der Waals surface area contributed by atoms with Crippen molar-refractivity contribution in [3.63, 3.8) is 0 Å². The summed E-state index contributed by atoms with van der Waals surface area (Å²) in [6, 6.07) is 13.0. The van der Waals surface area contributed by atoms with E-state index in [9.17, 15) is 14.7 Å². The second kappa shape index (κ2) is 15.9. The highest BCUT2D eigenvalue weighted by molar-refractivity contribution is 5.90. The van der Waals surface area contributed by atoms with Crippen molar-refractivity contribution in [2.75, 3.05) is 44.9 Å². The molecule has 1 aliphatic heterocycles. The van der Waals surface area contributed by atoms with Crippen molar-refractivity contribution in [2.24, 2.45) is 5.92 Å². The fourth-order valence-corrected chi connectivity index (χ4v) is 4.39. The van der Waals surface area contributed by atoms with Gasteiger partial charge in [-0.25, -0.2) is 4.79 Å². The maximum atomic E-state index is 13.2. The zero-order valence-electron chi connectivity index (χ0n) is 23.2. The average molecular weight is 513 g/mol. The Hall–Kier alpha value is -3.06. The van der Waals surface area contributed by atoms with Gasteiger partial charge in [-0.15, -0.1) is 0 Å². The van der Waals surface area contributed by atoms with E-state index >= 15 is 0 Å². The Kier molecular flexibility index (Phi) is 13.0. The van der Waals surface area contributed by atoms with Gasteiger partial charge in [0.25, 0.3) is 0 Å². The molecule has 0 aromatic heterocycles. The zero-order chi connectivity index (χ0) is 27.2. The minimum atomic E-state index is -0.974. The van der Waals surface area contributed by atoms with Crippen LogP contribution in [0.25, 0.3) is 0 Å². The van der Waals surface area contributed by atoms with Crippen LogP contribution in [-0.2, 0) is 22.5 Å². The third-order valence-electron chi connectivity index (χ3n) is 6.25. The van der Waals surface area contributed by atoms with Crippen molar-refractivity contribution in [3.05, 3.63) is 59.2 Å². The molecule has 37 heavy (non-hydrogen) atoms. The second-order valence-corrected chi connectivity index (χ2v) is 9.65. The van der Waals surface area contributed by atoms with Crippen LogP contribution in [0, 0.1) is 5.92 Å². The van der Waals surface area contributed by atoms with Gasteiger partial charge in [-0.1, -0.05) is 65.2 Å². The van der Waals surface area contributed by atoms with Crippen LogP contribution in [0.1, 0.15) is 68.4 Å². The zero-order valence-corrected chi connectivity index (χ0v) is 23.2. The molecule has 1 fully saturated rings. The van der Waals surface area contributed by atoms with Crippen molar-refractivity contribution in [2.45, 2.75) is 59.9 Å². The quantitative estimate of drug-likeness (QED) is 0.419. The largest absolute Gasteiger partial charge is 0.497 e. The van der Waals surface area contributed by atoms with Crippen LogP contribution in [0.5, 0.6) is 5.75 Å². The number of anilines is 1. The summed E-state index contributed by atoms with van der Waals surface area (Å²) in [5.41, 5.74) is 3.11. The first kappa shape index (κ1) is 30.2. The van der Waals surface area contributed by atoms with Crippen LogP contribution in [0.15, 0.2) is 42.5 Å². The summed E-state index contributed by atoms with van der Waals surface area (Å²) in [7, 11) is 1.63. The number of carbonyl (C=O) groups excluding carboxylic acids is 1. The van der Waals surface area contributed by atoms with Crippen LogP contribution in [0.2, 0.25) is 0 Å². The van der Waals surface area contributed by atoms with Crippen molar-refractivity contribution in [1.82, 2.24) is 4.90 Å².